The number of hydrogen-bond donors (Lipinski definition) is 0. The molecule has 0 heterocycles. The minimum atomic E-state index is 0.532. The topological polar surface area (TPSA) is 9.23 Å². The van der Waals surface area contributed by atoms with Crippen LogP contribution in [0.5, 0.6) is 5.75 Å². The Morgan fingerprint density at radius 1 is 0.800 bits per heavy atom. The van der Waals surface area contributed by atoms with Crippen LogP contribution in [0.3, 0.4) is 0 Å². The van der Waals surface area contributed by atoms with Gasteiger partial charge < -0.3 is 4.74 Å². The highest BCUT2D eigenvalue weighted by Crippen LogP contribution is 2.38. The molecule has 0 radical (unpaired) electrons. The Morgan fingerprint density at radius 3 is 2.20 bits per heavy atom. The van der Waals surface area contributed by atoms with Gasteiger partial charge in [-0.15, -0.1) is 0 Å². The van der Waals surface area contributed by atoms with Crippen molar-refractivity contribution in [1.82, 2.24) is 0 Å². The molecule has 0 saturated heterocycles. The molecular weight excluding hydrogens is 244 g/mol. The van der Waals surface area contributed by atoms with Gasteiger partial charge in [-0.25, -0.2) is 0 Å². The minimum absolute atomic E-state index is 0.532. The lowest BCUT2D eigenvalue weighted by Crippen LogP contribution is -1.94. The van der Waals surface area contributed by atoms with E-state index >= 15 is 0 Å². The monoisotopic (exact) mass is 258 g/mol. The molecule has 0 aromatic heterocycles. The first kappa shape index (κ1) is 11.3. The van der Waals surface area contributed by atoms with Gasteiger partial charge in [-0.05, 0) is 33.7 Å². The lowest BCUT2D eigenvalue weighted by Gasteiger charge is -2.13. The molecule has 0 amide bonds. The maximum absolute atomic E-state index is 5.79. The van der Waals surface area contributed by atoms with Gasteiger partial charge in [-0.2, -0.15) is 0 Å². The van der Waals surface area contributed by atoms with E-state index in [1.807, 2.05) is 6.07 Å². The van der Waals surface area contributed by atoms with Gasteiger partial charge in [0.15, 0.2) is 0 Å². The fourth-order valence-corrected chi connectivity index (χ4v) is 2.98. The first-order valence-corrected chi connectivity index (χ1v) is 6.79. The normalized spacial score (nSPS) is 11.4. The Balaban J connectivity index is 2.17. The maximum atomic E-state index is 5.79. The fraction of sp³-hybridized carbons (Fsp3) is 0.0526. The van der Waals surface area contributed by atoms with E-state index in [0.717, 1.165) is 5.75 Å². The third-order valence-corrected chi connectivity index (χ3v) is 3.85. The van der Waals surface area contributed by atoms with Crippen LogP contribution < -0.4 is 4.74 Å². The van der Waals surface area contributed by atoms with Crippen LogP contribution in [0.25, 0.3) is 32.3 Å². The highest BCUT2D eigenvalue weighted by atomic mass is 16.5. The summed E-state index contributed by atoms with van der Waals surface area (Å²) in [4.78, 5) is 0. The second kappa shape index (κ2) is 4.24. The Kier molecular flexibility index (Phi) is 2.40. The van der Waals surface area contributed by atoms with Crippen molar-refractivity contribution in [3.8, 4) is 5.75 Å². The highest BCUT2D eigenvalue weighted by Gasteiger charge is 2.10. The van der Waals surface area contributed by atoms with Crippen LogP contribution in [0.2, 0.25) is 0 Å². The van der Waals surface area contributed by atoms with Crippen molar-refractivity contribution < 1.29 is 4.74 Å². The van der Waals surface area contributed by atoms with Crippen molar-refractivity contribution in [2.24, 2.45) is 0 Å². The highest BCUT2D eigenvalue weighted by molar-refractivity contribution is 6.24. The van der Waals surface area contributed by atoms with E-state index in [0.29, 0.717) is 6.61 Å². The Hall–Kier alpha value is -2.54. The van der Waals surface area contributed by atoms with E-state index in [1.165, 1.54) is 32.3 Å². The smallest absolute Gasteiger partial charge is 0.127 e. The summed E-state index contributed by atoms with van der Waals surface area (Å²) in [6.45, 7) is 4.24. The molecule has 0 fully saturated rings. The molecule has 0 bridgehead atoms. The molecule has 96 valence electrons. The molecule has 1 heteroatoms. The van der Waals surface area contributed by atoms with Crippen LogP contribution in [0.1, 0.15) is 0 Å². The van der Waals surface area contributed by atoms with Gasteiger partial charge in [0, 0.05) is 10.8 Å². The van der Waals surface area contributed by atoms with Gasteiger partial charge in [0.05, 0.1) is 0 Å². The van der Waals surface area contributed by atoms with Crippen LogP contribution in [-0.4, -0.2) is 6.61 Å². The average Bonchev–Trinajstić information content (AvgIpc) is 2.51. The van der Waals surface area contributed by atoms with E-state index in [9.17, 15) is 0 Å². The van der Waals surface area contributed by atoms with Crippen molar-refractivity contribution in [1.29, 1.82) is 0 Å². The summed E-state index contributed by atoms with van der Waals surface area (Å²) < 4.78 is 5.79. The van der Waals surface area contributed by atoms with Gasteiger partial charge in [0.25, 0.3) is 0 Å². The molecule has 0 spiro atoms. The van der Waals surface area contributed by atoms with Crippen LogP contribution in [0.4, 0.5) is 0 Å². The van der Waals surface area contributed by atoms with Crippen molar-refractivity contribution in [2.45, 2.75) is 0 Å². The Bertz CT molecular complexity index is 905. The van der Waals surface area contributed by atoms with Crippen LogP contribution in [0, 0.1) is 0 Å². The average molecular weight is 258 g/mol. The second-order valence-corrected chi connectivity index (χ2v) is 5.02. The summed E-state index contributed by atoms with van der Waals surface area (Å²) in [6, 6.07) is 19.3. The van der Waals surface area contributed by atoms with E-state index < -0.39 is 0 Å². The zero-order valence-corrected chi connectivity index (χ0v) is 11.1. The standard InChI is InChI=1S/C19H14O/c1-2-12-20-17-11-9-15-7-6-13-4-3-5-14-8-10-16(17)19(15)18(13)14/h2-11H,1,12H2. The number of benzene rings is 4. The SMILES string of the molecule is C=CCOc1ccc2ccc3cccc4ccc1c2c34. The predicted octanol–water partition coefficient (Wildman–Crippen LogP) is 5.15. The largest absolute Gasteiger partial charge is 0.489 e. The Labute approximate surface area is 117 Å². The number of hydrogen-bond acceptors (Lipinski definition) is 1. The molecule has 0 N–H and O–H groups in total. The molecular formula is C19H14O. The van der Waals surface area contributed by atoms with Crippen LogP contribution in [-0.2, 0) is 0 Å². The van der Waals surface area contributed by atoms with E-state index in [-0.39, 0.29) is 0 Å². The second-order valence-electron chi connectivity index (χ2n) is 5.02. The molecule has 4 rings (SSSR count). The quantitative estimate of drug-likeness (QED) is 0.365. The van der Waals surface area contributed by atoms with Gasteiger partial charge >= 0.3 is 0 Å². The summed E-state index contributed by atoms with van der Waals surface area (Å²) >= 11 is 0. The molecule has 20 heavy (non-hydrogen) atoms. The molecule has 0 aliphatic carbocycles. The third-order valence-electron chi connectivity index (χ3n) is 3.85. The van der Waals surface area contributed by atoms with Crippen molar-refractivity contribution >= 4 is 32.3 Å². The summed E-state index contributed by atoms with van der Waals surface area (Å²) in [7, 11) is 0. The molecule has 1 nitrogen and oxygen atoms in total. The molecule has 0 aliphatic heterocycles. The molecule has 0 aliphatic rings. The van der Waals surface area contributed by atoms with Crippen LogP contribution >= 0.6 is 0 Å². The molecule has 0 atom stereocenters. The molecule has 0 unspecified atom stereocenters. The third kappa shape index (κ3) is 1.50. The van der Waals surface area contributed by atoms with Crippen molar-refractivity contribution in [3.63, 3.8) is 0 Å². The van der Waals surface area contributed by atoms with E-state index in [4.69, 9.17) is 4.74 Å². The van der Waals surface area contributed by atoms with Crippen molar-refractivity contribution in [2.75, 3.05) is 6.61 Å². The van der Waals surface area contributed by atoms with Gasteiger partial charge in [0.2, 0.25) is 0 Å². The molecule has 0 saturated carbocycles. The number of rotatable bonds is 3. The Morgan fingerprint density at radius 2 is 1.45 bits per heavy atom. The summed E-state index contributed by atoms with van der Waals surface area (Å²) in [6.07, 6.45) is 1.78. The maximum Gasteiger partial charge on any atom is 0.127 e. The lowest BCUT2D eigenvalue weighted by molar-refractivity contribution is 0.368. The number of ether oxygens (including phenoxy) is 1. The summed E-state index contributed by atoms with van der Waals surface area (Å²) in [5.74, 6) is 0.927. The lowest BCUT2D eigenvalue weighted by atomic mass is 9.94. The minimum Gasteiger partial charge on any atom is -0.489 e. The van der Waals surface area contributed by atoms with Crippen LogP contribution in [0.15, 0.2) is 67.3 Å². The van der Waals surface area contributed by atoms with Crippen molar-refractivity contribution in [3.05, 3.63) is 67.3 Å². The zero-order valence-electron chi connectivity index (χ0n) is 11.1. The first-order chi connectivity index (χ1) is 9.88. The molecule has 4 aromatic rings. The summed E-state index contributed by atoms with van der Waals surface area (Å²) in [5, 5.41) is 7.61. The summed E-state index contributed by atoms with van der Waals surface area (Å²) in [5.41, 5.74) is 0. The van der Waals surface area contributed by atoms with Gasteiger partial charge in [0.1, 0.15) is 12.4 Å². The predicted molar refractivity (Wildman–Crippen MR) is 85.8 cm³/mol. The van der Waals surface area contributed by atoms with E-state index in [1.54, 1.807) is 6.08 Å². The molecule has 4 aromatic carbocycles. The zero-order chi connectivity index (χ0) is 13.5. The fourth-order valence-electron chi connectivity index (χ4n) is 2.98. The van der Waals surface area contributed by atoms with Gasteiger partial charge in [-0.1, -0.05) is 55.1 Å². The van der Waals surface area contributed by atoms with Gasteiger partial charge in [-0.3, -0.25) is 0 Å². The van der Waals surface area contributed by atoms with E-state index in [2.05, 4.69) is 55.1 Å². The first-order valence-electron chi connectivity index (χ1n) is 6.79.